The van der Waals surface area contributed by atoms with Gasteiger partial charge in [0.05, 0.1) is 0 Å². The summed E-state index contributed by atoms with van der Waals surface area (Å²) in [5, 5.41) is 2.90. The maximum atomic E-state index is 5.82. The molecule has 0 saturated heterocycles. The second-order valence-corrected chi connectivity index (χ2v) is 5.58. The van der Waals surface area contributed by atoms with Crippen LogP contribution in [0.4, 0.5) is 0 Å². The van der Waals surface area contributed by atoms with Gasteiger partial charge in [-0.25, -0.2) is 4.98 Å². The smallest absolute Gasteiger partial charge is 0.140 e. The third-order valence-electron chi connectivity index (χ3n) is 2.91. The normalized spacial score (nSPS) is 10.3. The van der Waals surface area contributed by atoms with E-state index in [0.29, 0.717) is 6.61 Å². The molecule has 4 heteroatoms. The number of aryl methyl sites for hydroxylation is 1. The van der Waals surface area contributed by atoms with Crippen LogP contribution in [0, 0.1) is 6.92 Å². The number of hydrogen-bond donors (Lipinski definition) is 0. The molecule has 0 fully saturated rings. The predicted octanol–water partition coefficient (Wildman–Crippen LogP) is 4.82. The molecule has 21 heavy (non-hydrogen) atoms. The molecule has 0 atom stereocenters. The first-order valence-electron chi connectivity index (χ1n) is 6.65. The third kappa shape index (κ3) is 3.83. The zero-order chi connectivity index (χ0) is 14.5. The van der Waals surface area contributed by atoms with Crippen LogP contribution in [-0.2, 0) is 6.61 Å². The Morgan fingerprint density at radius 2 is 1.81 bits per heavy atom. The molecule has 0 N–H and O–H groups in total. The van der Waals surface area contributed by atoms with Gasteiger partial charge >= 0.3 is 0 Å². The van der Waals surface area contributed by atoms with Crippen LogP contribution in [-0.4, -0.2) is 4.98 Å². The van der Waals surface area contributed by atoms with Crippen LogP contribution in [0.3, 0.4) is 0 Å². The van der Waals surface area contributed by atoms with Crippen molar-refractivity contribution in [3.05, 3.63) is 70.7 Å². The number of nitrogens with zero attached hydrogens (tertiary/aromatic N) is 1. The summed E-state index contributed by atoms with van der Waals surface area (Å²) in [5.41, 5.74) is 1.21. The summed E-state index contributed by atoms with van der Waals surface area (Å²) in [5.74, 6) is 2.35. The van der Waals surface area contributed by atoms with Crippen molar-refractivity contribution in [2.45, 2.75) is 13.5 Å². The van der Waals surface area contributed by atoms with Gasteiger partial charge in [-0.1, -0.05) is 23.8 Å². The highest BCUT2D eigenvalue weighted by Gasteiger charge is 2.02. The van der Waals surface area contributed by atoms with E-state index in [1.807, 2.05) is 53.9 Å². The van der Waals surface area contributed by atoms with E-state index in [4.69, 9.17) is 9.47 Å². The minimum atomic E-state index is 0.478. The van der Waals surface area contributed by atoms with E-state index in [9.17, 15) is 0 Å². The van der Waals surface area contributed by atoms with Crippen molar-refractivity contribution in [3.8, 4) is 17.2 Å². The molecule has 0 radical (unpaired) electrons. The van der Waals surface area contributed by atoms with Crippen molar-refractivity contribution in [1.82, 2.24) is 4.98 Å². The average Bonchev–Trinajstić information content (AvgIpc) is 3.01. The molecule has 0 spiro atoms. The Labute approximate surface area is 127 Å². The van der Waals surface area contributed by atoms with Crippen LogP contribution in [0.5, 0.6) is 17.2 Å². The van der Waals surface area contributed by atoms with E-state index in [-0.39, 0.29) is 0 Å². The summed E-state index contributed by atoms with van der Waals surface area (Å²) in [6.45, 7) is 2.53. The summed E-state index contributed by atoms with van der Waals surface area (Å²) < 4.78 is 11.5. The first kappa shape index (κ1) is 13.6. The molecule has 2 aromatic carbocycles. The molecule has 0 saturated carbocycles. The summed E-state index contributed by atoms with van der Waals surface area (Å²) in [7, 11) is 0. The van der Waals surface area contributed by atoms with Gasteiger partial charge in [-0.15, -0.1) is 11.3 Å². The molecule has 0 unspecified atom stereocenters. The number of aromatic nitrogens is 1. The summed E-state index contributed by atoms with van der Waals surface area (Å²) >= 11 is 1.58. The molecule has 1 aromatic heterocycles. The Bertz CT molecular complexity index is 693. The second kappa shape index (κ2) is 6.41. The lowest BCUT2D eigenvalue weighted by Gasteiger charge is -2.08. The maximum absolute atomic E-state index is 5.82. The van der Waals surface area contributed by atoms with Gasteiger partial charge in [-0.2, -0.15) is 0 Å². The molecule has 0 amide bonds. The second-order valence-electron chi connectivity index (χ2n) is 4.60. The van der Waals surface area contributed by atoms with Gasteiger partial charge in [0.25, 0.3) is 0 Å². The van der Waals surface area contributed by atoms with Crippen LogP contribution in [0.25, 0.3) is 0 Å². The monoisotopic (exact) mass is 297 g/mol. The average molecular weight is 297 g/mol. The van der Waals surface area contributed by atoms with Gasteiger partial charge in [-0.05, 0) is 31.2 Å². The Morgan fingerprint density at radius 3 is 2.57 bits per heavy atom. The van der Waals surface area contributed by atoms with Crippen LogP contribution in [0.15, 0.2) is 60.1 Å². The fourth-order valence-electron chi connectivity index (χ4n) is 1.84. The molecular formula is C17H15NO2S. The lowest BCUT2D eigenvalue weighted by molar-refractivity contribution is 0.304. The lowest BCUT2D eigenvalue weighted by atomic mass is 10.2. The van der Waals surface area contributed by atoms with E-state index in [2.05, 4.69) is 11.9 Å². The van der Waals surface area contributed by atoms with Gasteiger partial charge in [0.1, 0.15) is 28.9 Å². The van der Waals surface area contributed by atoms with Gasteiger partial charge in [-0.3, -0.25) is 0 Å². The first-order chi connectivity index (χ1) is 10.3. The molecule has 1 heterocycles. The number of ether oxygens (including phenoxy) is 2. The fraction of sp³-hybridized carbons (Fsp3) is 0.118. The number of hydrogen-bond acceptors (Lipinski definition) is 4. The Morgan fingerprint density at radius 1 is 1.00 bits per heavy atom. The molecule has 0 aliphatic carbocycles. The van der Waals surface area contributed by atoms with Gasteiger partial charge in [0, 0.05) is 17.6 Å². The van der Waals surface area contributed by atoms with Crippen LogP contribution < -0.4 is 9.47 Å². The highest BCUT2D eigenvalue weighted by Crippen LogP contribution is 2.26. The molecule has 3 rings (SSSR count). The third-order valence-corrected chi connectivity index (χ3v) is 3.66. The number of rotatable bonds is 5. The fourth-order valence-corrected chi connectivity index (χ4v) is 2.37. The molecule has 0 bridgehead atoms. The first-order valence-corrected chi connectivity index (χ1v) is 7.53. The van der Waals surface area contributed by atoms with Crippen molar-refractivity contribution in [3.63, 3.8) is 0 Å². The highest BCUT2D eigenvalue weighted by molar-refractivity contribution is 7.09. The Kier molecular flexibility index (Phi) is 4.17. The van der Waals surface area contributed by atoms with Gasteiger partial charge < -0.3 is 9.47 Å². The zero-order valence-electron chi connectivity index (χ0n) is 11.7. The molecule has 3 nitrogen and oxygen atoms in total. The Balaban J connectivity index is 1.66. The minimum absolute atomic E-state index is 0.478. The minimum Gasteiger partial charge on any atom is -0.486 e. The summed E-state index contributed by atoms with van der Waals surface area (Å²) in [6.07, 6.45) is 1.78. The zero-order valence-corrected chi connectivity index (χ0v) is 12.5. The quantitative estimate of drug-likeness (QED) is 0.676. The Hall–Kier alpha value is -2.33. The van der Waals surface area contributed by atoms with E-state index < -0.39 is 0 Å². The highest BCUT2D eigenvalue weighted by atomic mass is 32.1. The van der Waals surface area contributed by atoms with Gasteiger partial charge in [0.2, 0.25) is 0 Å². The van der Waals surface area contributed by atoms with Crippen molar-refractivity contribution in [2.75, 3.05) is 0 Å². The maximum Gasteiger partial charge on any atom is 0.140 e. The predicted molar refractivity (Wildman–Crippen MR) is 84.1 cm³/mol. The van der Waals surface area contributed by atoms with Crippen molar-refractivity contribution in [1.29, 1.82) is 0 Å². The van der Waals surface area contributed by atoms with Crippen LogP contribution in [0.1, 0.15) is 10.6 Å². The molecule has 3 aromatic rings. The van der Waals surface area contributed by atoms with Gasteiger partial charge in [0.15, 0.2) is 0 Å². The van der Waals surface area contributed by atoms with E-state index >= 15 is 0 Å². The van der Waals surface area contributed by atoms with Crippen molar-refractivity contribution in [2.24, 2.45) is 0 Å². The SMILES string of the molecule is Cc1ccc(Oc2cccc(OCc3nccs3)c2)cc1. The summed E-state index contributed by atoms with van der Waals surface area (Å²) in [6, 6.07) is 15.6. The topological polar surface area (TPSA) is 31.4 Å². The van der Waals surface area contributed by atoms with E-state index in [1.165, 1.54) is 5.56 Å². The molecule has 106 valence electrons. The molecule has 0 aliphatic rings. The largest absolute Gasteiger partial charge is 0.486 e. The standard InChI is InChI=1S/C17H15NO2S/c1-13-5-7-14(8-6-13)20-16-4-2-3-15(11-16)19-12-17-18-9-10-21-17/h2-11H,12H2,1H3. The molecule has 0 aliphatic heterocycles. The van der Waals surface area contributed by atoms with Crippen LogP contribution >= 0.6 is 11.3 Å². The summed E-state index contributed by atoms with van der Waals surface area (Å²) in [4.78, 5) is 4.19. The van der Waals surface area contributed by atoms with E-state index in [1.54, 1.807) is 17.5 Å². The molecular weight excluding hydrogens is 282 g/mol. The van der Waals surface area contributed by atoms with E-state index in [0.717, 1.165) is 22.3 Å². The number of benzene rings is 2. The van der Waals surface area contributed by atoms with Crippen molar-refractivity contribution < 1.29 is 9.47 Å². The lowest BCUT2D eigenvalue weighted by Crippen LogP contribution is -1.94. The van der Waals surface area contributed by atoms with Crippen molar-refractivity contribution >= 4 is 11.3 Å². The number of thiazole rings is 1. The van der Waals surface area contributed by atoms with Crippen LogP contribution in [0.2, 0.25) is 0 Å².